The molecule has 1 saturated carbocycles. The van der Waals surface area contributed by atoms with Gasteiger partial charge < -0.3 is 24.4 Å². The smallest absolute Gasteiger partial charge is 0.119 e. The van der Waals surface area contributed by atoms with Gasteiger partial charge >= 0.3 is 0 Å². The summed E-state index contributed by atoms with van der Waals surface area (Å²) in [4.78, 5) is 0. The fourth-order valence-electron chi connectivity index (χ4n) is 3.76. The van der Waals surface area contributed by atoms with Gasteiger partial charge in [0.2, 0.25) is 0 Å². The van der Waals surface area contributed by atoms with E-state index in [0.717, 1.165) is 41.7 Å². The first-order valence-corrected chi connectivity index (χ1v) is 10.6. The Morgan fingerprint density at radius 2 is 1.79 bits per heavy atom. The van der Waals surface area contributed by atoms with Crippen molar-refractivity contribution in [3.8, 4) is 11.5 Å². The average Bonchev–Trinajstić information content (AvgIpc) is 3.58. The SMILES string of the molecule is OC[C@@H]1CCC[C@H](c2ccc(O)c(Cc3ccc(OCCOC4CC4)cc3)c2)O1. The van der Waals surface area contributed by atoms with Crippen LogP contribution >= 0.6 is 0 Å². The highest BCUT2D eigenvalue weighted by Gasteiger charge is 2.24. The quantitative estimate of drug-likeness (QED) is 0.621. The van der Waals surface area contributed by atoms with Gasteiger partial charge in [-0.3, -0.25) is 0 Å². The van der Waals surface area contributed by atoms with E-state index in [1.54, 1.807) is 6.07 Å². The number of aliphatic hydroxyl groups excluding tert-OH is 1. The Bertz CT molecular complexity index is 784. The van der Waals surface area contributed by atoms with Crippen molar-refractivity contribution in [2.24, 2.45) is 0 Å². The highest BCUT2D eigenvalue weighted by molar-refractivity contribution is 5.41. The molecule has 2 fully saturated rings. The van der Waals surface area contributed by atoms with E-state index in [1.165, 1.54) is 12.8 Å². The number of hydrogen-bond acceptors (Lipinski definition) is 5. The monoisotopic (exact) mass is 398 g/mol. The lowest BCUT2D eigenvalue weighted by Crippen LogP contribution is -2.25. The van der Waals surface area contributed by atoms with Crippen LogP contribution < -0.4 is 4.74 Å². The van der Waals surface area contributed by atoms with Crippen molar-refractivity contribution in [2.75, 3.05) is 19.8 Å². The van der Waals surface area contributed by atoms with E-state index < -0.39 is 0 Å². The lowest BCUT2D eigenvalue weighted by molar-refractivity contribution is -0.0737. The third-order valence-corrected chi connectivity index (χ3v) is 5.58. The van der Waals surface area contributed by atoms with Crippen LogP contribution in [0.1, 0.15) is 54.9 Å². The molecule has 0 amide bonds. The van der Waals surface area contributed by atoms with Gasteiger partial charge in [-0.2, -0.15) is 0 Å². The van der Waals surface area contributed by atoms with Crippen molar-refractivity contribution in [3.05, 3.63) is 59.2 Å². The van der Waals surface area contributed by atoms with Crippen LogP contribution in [-0.4, -0.2) is 42.2 Å². The van der Waals surface area contributed by atoms with Crippen molar-refractivity contribution in [3.63, 3.8) is 0 Å². The second-order valence-corrected chi connectivity index (χ2v) is 7.99. The zero-order chi connectivity index (χ0) is 20.1. The number of hydrogen-bond donors (Lipinski definition) is 2. The lowest BCUT2D eigenvalue weighted by atomic mass is 9.95. The molecule has 2 aromatic rings. The molecule has 0 bridgehead atoms. The molecule has 29 heavy (non-hydrogen) atoms. The van der Waals surface area contributed by atoms with Crippen LogP contribution in [0.2, 0.25) is 0 Å². The third-order valence-electron chi connectivity index (χ3n) is 5.58. The summed E-state index contributed by atoms with van der Waals surface area (Å²) < 4.78 is 17.3. The molecule has 4 rings (SSSR count). The van der Waals surface area contributed by atoms with Crippen LogP contribution in [0.3, 0.4) is 0 Å². The van der Waals surface area contributed by atoms with E-state index in [0.29, 0.717) is 31.5 Å². The molecule has 156 valence electrons. The van der Waals surface area contributed by atoms with Gasteiger partial charge in [-0.1, -0.05) is 18.2 Å². The Labute approximate surface area is 172 Å². The minimum absolute atomic E-state index is 0.0196. The molecule has 2 aliphatic rings. The number of rotatable bonds is 9. The average molecular weight is 398 g/mol. The van der Waals surface area contributed by atoms with E-state index in [-0.39, 0.29) is 18.8 Å². The molecule has 5 heteroatoms. The van der Waals surface area contributed by atoms with Gasteiger partial charge in [-0.25, -0.2) is 0 Å². The maximum atomic E-state index is 10.3. The first kappa shape index (κ1) is 20.2. The number of phenols is 1. The van der Waals surface area contributed by atoms with Gasteiger partial charge in [0, 0.05) is 6.42 Å². The van der Waals surface area contributed by atoms with Crippen LogP contribution in [0.15, 0.2) is 42.5 Å². The lowest BCUT2D eigenvalue weighted by Gasteiger charge is -2.29. The topological polar surface area (TPSA) is 68.2 Å². The fraction of sp³-hybridized carbons (Fsp3) is 0.500. The Kier molecular flexibility index (Phi) is 6.70. The summed E-state index contributed by atoms with van der Waals surface area (Å²) in [6.45, 7) is 1.25. The zero-order valence-corrected chi connectivity index (χ0v) is 16.8. The standard InChI is InChI=1S/C24H30O5/c25-16-22-2-1-3-24(29-22)18-6-11-23(26)19(15-18)14-17-4-7-20(8-5-17)27-12-13-28-21-9-10-21/h4-8,11,15,21-22,24-26H,1-3,9-10,12-14,16H2/t22-,24+/m0/s1. The predicted octanol–water partition coefficient (Wildman–Crippen LogP) is 4.14. The maximum absolute atomic E-state index is 10.3. The van der Waals surface area contributed by atoms with E-state index in [9.17, 15) is 10.2 Å². The molecule has 2 atom stereocenters. The summed E-state index contributed by atoms with van der Waals surface area (Å²) in [5, 5.41) is 19.7. The molecular formula is C24H30O5. The van der Waals surface area contributed by atoms with E-state index >= 15 is 0 Å². The van der Waals surface area contributed by atoms with Crippen molar-refractivity contribution in [1.82, 2.24) is 0 Å². The fourth-order valence-corrected chi connectivity index (χ4v) is 3.76. The predicted molar refractivity (Wildman–Crippen MR) is 110 cm³/mol. The molecule has 1 heterocycles. The largest absolute Gasteiger partial charge is 0.508 e. The zero-order valence-electron chi connectivity index (χ0n) is 16.8. The van der Waals surface area contributed by atoms with Crippen molar-refractivity contribution >= 4 is 0 Å². The summed E-state index contributed by atoms with van der Waals surface area (Å²) in [7, 11) is 0. The second-order valence-electron chi connectivity index (χ2n) is 7.99. The molecule has 0 aromatic heterocycles. The van der Waals surface area contributed by atoms with Crippen LogP contribution in [-0.2, 0) is 15.9 Å². The first-order valence-electron chi connectivity index (χ1n) is 10.6. The Morgan fingerprint density at radius 1 is 0.966 bits per heavy atom. The molecule has 0 unspecified atom stereocenters. The number of ether oxygens (including phenoxy) is 3. The van der Waals surface area contributed by atoms with E-state index in [2.05, 4.69) is 0 Å². The summed E-state index contributed by atoms with van der Waals surface area (Å²) in [6, 6.07) is 13.7. The van der Waals surface area contributed by atoms with Crippen molar-refractivity contribution in [1.29, 1.82) is 0 Å². The minimum Gasteiger partial charge on any atom is -0.508 e. The Hall–Kier alpha value is -2.08. The number of benzene rings is 2. The molecular weight excluding hydrogens is 368 g/mol. The molecule has 1 aliphatic carbocycles. The van der Waals surface area contributed by atoms with Gasteiger partial charge in [-0.15, -0.1) is 0 Å². The first-order chi connectivity index (χ1) is 14.2. The van der Waals surface area contributed by atoms with Crippen LogP contribution in [0.5, 0.6) is 11.5 Å². The van der Waals surface area contributed by atoms with Crippen molar-refractivity contribution in [2.45, 2.75) is 56.8 Å². The Balaban J connectivity index is 1.35. The number of phenolic OH excluding ortho intramolecular Hbond substituents is 1. The Morgan fingerprint density at radius 3 is 2.55 bits per heavy atom. The van der Waals surface area contributed by atoms with E-state index in [1.807, 2.05) is 36.4 Å². The van der Waals surface area contributed by atoms with Gasteiger partial charge in [0.05, 0.1) is 31.5 Å². The molecule has 1 aliphatic heterocycles. The van der Waals surface area contributed by atoms with Crippen LogP contribution in [0.4, 0.5) is 0 Å². The second kappa shape index (κ2) is 9.61. The molecule has 2 aromatic carbocycles. The number of aliphatic hydroxyl groups is 1. The summed E-state index contributed by atoms with van der Waals surface area (Å²) in [5.74, 6) is 1.12. The van der Waals surface area contributed by atoms with Crippen LogP contribution in [0, 0.1) is 0 Å². The summed E-state index contributed by atoms with van der Waals surface area (Å²) in [5.41, 5.74) is 3.05. The summed E-state index contributed by atoms with van der Waals surface area (Å²) >= 11 is 0. The molecule has 2 N–H and O–H groups in total. The van der Waals surface area contributed by atoms with Gasteiger partial charge in [0.1, 0.15) is 18.1 Å². The normalized spacial score (nSPS) is 21.8. The molecule has 0 radical (unpaired) electrons. The highest BCUT2D eigenvalue weighted by Crippen LogP contribution is 2.34. The minimum atomic E-state index is -0.0896. The van der Waals surface area contributed by atoms with Crippen molar-refractivity contribution < 1.29 is 24.4 Å². The van der Waals surface area contributed by atoms with Gasteiger partial charge in [-0.05, 0) is 73.1 Å². The number of aromatic hydroxyl groups is 1. The third kappa shape index (κ3) is 5.72. The summed E-state index contributed by atoms with van der Waals surface area (Å²) in [6.07, 6.45) is 6.23. The van der Waals surface area contributed by atoms with Gasteiger partial charge in [0.25, 0.3) is 0 Å². The maximum Gasteiger partial charge on any atom is 0.119 e. The van der Waals surface area contributed by atoms with Gasteiger partial charge in [0.15, 0.2) is 0 Å². The molecule has 1 saturated heterocycles. The highest BCUT2D eigenvalue weighted by atomic mass is 16.5. The van der Waals surface area contributed by atoms with Crippen LogP contribution in [0.25, 0.3) is 0 Å². The molecule has 0 spiro atoms. The van der Waals surface area contributed by atoms with E-state index in [4.69, 9.17) is 14.2 Å². The molecule has 5 nitrogen and oxygen atoms in total.